The molecule has 0 fully saturated rings. The number of hydrogen-bond acceptors (Lipinski definition) is 2. The number of rotatable bonds is 0. The van der Waals surface area contributed by atoms with Crippen LogP contribution in [0.5, 0.6) is 0 Å². The second-order valence-corrected chi connectivity index (χ2v) is 5.53. The van der Waals surface area contributed by atoms with Crippen molar-refractivity contribution in [3.63, 3.8) is 0 Å². The SMILES string of the molecule is CC1(C)C=CCC2(CC=CC(C)(C)O2)O1. The highest BCUT2D eigenvalue weighted by Crippen LogP contribution is 2.40. The second kappa shape index (κ2) is 3.19. The lowest BCUT2D eigenvalue weighted by atomic mass is 9.94. The molecule has 15 heavy (non-hydrogen) atoms. The van der Waals surface area contributed by atoms with E-state index < -0.39 is 5.79 Å². The molecule has 84 valence electrons. The minimum absolute atomic E-state index is 0.223. The van der Waals surface area contributed by atoms with Gasteiger partial charge in [0.2, 0.25) is 0 Å². The van der Waals surface area contributed by atoms with Gasteiger partial charge in [-0.05, 0) is 27.7 Å². The first kappa shape index (κ1) is 10.9. The fraction of sp³-hybridized carbons (Fsp3) is 0.692. The van der Waals surface area contributed by atoms with Gasteiger partial charge in [0.25, 0.3) is 0 Å². The highest BCUT2D eigenvalue weighted by Gasteiger charge is 2.43. The molecule has 0 aromatic heterocycles. The Labute approximate surface area is 92.0 Å². The maximum absolute atomic E-state index is 6.08. The van der Waals surface area contributed by atoms with Crippen molar-refractivity contribution < 1.29 is 9.47 Å². The van der Waals surface area contributed by atoms with Crippen molar-refractivity contribution in [2.75, 3.05) is 0 Å². The van der Waals surface area contributed by atoms with Crippen molar-refractivity contribution in [1.82, 2.24) is 0 Å². The molecule has 2 rings (SSSR count). The lowest BCUT2D eigenvalue weighted by molar-refractivity contribution is -0.306. The Morgan fingerprint density at radius 1 is 0.800 bits per heavy atom. The first-order valence-electron chi connectivity index (χ1n) is 5.58. The lowest BCUT2D eigenvalue weighted by Crippen LogP contribution is -2.50. The zero-order valence-electron chi connectivity index (χ0n) is 10.0. The molecule has 0 N–H and O–H groups in total. The average Bonchev–Trinajstić information content (AvgIpc) is 1.98. The van der Waals surface area contributed by atoms with E-state index >= 15 is 0 Å². The summed E-state index contributed by atoms with van der Waals surface area (Å²) in [4.78, 5) is 0. The van der Waals surface area contributed by atoms with Crippen LogP contribution in [0, 0.1) is 0 Å². The Balaban J connectivity index is 2.23. The van der Waals surface area contributed by atoms with Crippen molar-refractivity contribution in [2.24, 2.45) is 0 Å². The number of ether oxygens (including phenoxy) is 2. The predicted octanol–water partition coefficient (Wildman–Crippen LogP) is 3.19. The topological polar surface area (TPSA) is 18.5 Å². The fourth-order valence-electron chi connectivity index (χ4n) is 2.34. The molecule has 2 heterocycles. The van der Waals surface area contributed by atoms with Crippen LogP contribution in [0.4, 0.5) is 0 Å². The molecule has 2 nitrogen and oxygen atoms in total. The third-order valence-electron chi connectivity index (χ3n) is 2.79. The minimum Gasteiger partial charge on any atom is -0.339 e. The summed E-state index contributed by atoms with van der Waals surface area (Å²) in [5.41, 5.74) is -0.445. The highest BCUT2D eigenvalue weighted by atomic mass is 16.7. The van der Waals surface area contributed by atoms with Crippen molar-refractivity contribution in [3.8, 4) is 0 Å². The van der Waals surface area contributed by atoms with E-state index in [2.05, 4.69) is 52.0 Å². The smallest absolute Gasteiger partial charge is 0.177 e. The van der Waals surface area contributed by atoms with Gasteiger partial charge in [0.05, 0.1) is 11.2 Å². The third kappa shape index (κ3) is 2.32. The van der Waals surface area contributed by atoms with Gasteiger partial charge in [0.15, 0.2) is 5.79 Å². The molecule has 0 aromatic carbocycles. The maximum atomic E-state index is 6.08. The van der Waals surface area contributed by atoms with Crippen LogP contribution in [-0.4, -0.2) is 17.0 Å². The summed E-state index contributed by atoms with van der Waals surface area (Å²) in [6.45, 7) is 8.27. The molecule has 0 saturated carbocycles. The van der Waals surface area contributed by atoms with Crippen molar-refractivity contribution in [2.45, 2.75) is 57.5 Å². The summed E-state index contributed by atoms with van der Waals surface area (Å²) in [5.74, 6) is -0.448. The lowest BCUT2D eigenvalue weighted by Gasteiger charge is -2.47. The molecule has 0 unspecified atom stereocenters. The van der Waals surface area contributed by atoms with Crippen molar-refractivity contribution in [1.29, 1.82) is 0 Å². The summed E-state index contributed by atoms with van der Waals surface area (Å²) in [6, 6.07) is 0. The van der Waals surface area contributed by atoms with E-state index in [4.69, 9.17) is 9.47 Å². The van der Waals surface area contributed by atoms with Crippen molar-refractivity contribution >= 4 is 0 Å². The van der Waals surface area contributed by atoms with Gasteiger partial charge in [-0.3, -0.25) is 0 Å². The Morgan fingerprint density at radius 2 is 1.20 bits per heavy atom. The molecule has 2 heteroatoms. The molecule has 0 saturated heterocycles. The Morgan fingerprint density at radius 3 is 1.53 bits per heavy atom. The van der Waals surface area contributed by atoms with Gasteiger partial charge in [-0.1, -0.05) is 24.3 Å². The molecule has 0 aliphatic carbocycles. The zero-order valence-corrected chi connectivity index (χ0v) is 10.0. The predicted molar refractivity (Wildman–Crippen MR) is 60.6 cm³/mol. The van der Waals surface area contributed by atoms with E-state index in [-0.39, 0.29) is 11.2 Å². The molecule has 2 aliphatic rings. The highest BCUT2D eigenvalue weighted by molar-refractivity contribution is 5.11. The Kier molecular flexibility index (Phi) is 2.32. The summed E-state index contributed by atoms with van der Waals surface area (Å²) in [6.07, 6.45) is 10.2. The minimum atomic E-state index is -0.448. The molecule has 0 atom stereocenters. The van der Waals surface area contributed by atoms with E-state index in [0.29, 0.717) is 0 Å². The molecule has 2 aliphatic heterocycles. The standard InChI is InChI=1S/C13H20O2/c1-11(2)7-5-9-13(14-11)10-6-8-12(3,4)15-13/h5-8H,9-10H2,1-4H3. The van der Waals surface area contributed by atoms with Crippen LogP contribution >= 0.6 is 0 Å². The van der Waals surface area contributed by atoms with Crippen LogP contribution in [0.3, 0.4) is 0 Å². The van der Waals surface area contributed by atoms with Gasteiger partial charge in [-0.2, -0.15) is 0 Å². The summed E-state index contributed by atoms with van der Waals surface area (Å²) < 4.78 is 12.2. The van der Waals surface area contributed by atoms with Gasteiger partial charge in [0.1, 0.15) is 0 Å². The van der Waals surface area contributed by atoms with Crippen LogP contribution in [-0.2, 0) is 9.47 Å². The van der Waals surface area contributed by atoms with Gasteiger partial charge in [-0.25, -0.2) is 0 Å². The summed E-state index contributed by atoms with van der Waals surface area (Å²) in [5, 5.41) is 0. The molecule has 0 bridgehead atoms. The van der Waals surface area contributed by atoms with Gasteiger partial charge in [-0.15, -0.1) is 0 Å². The Hall–Kier alpha value is -0.600. The second-order valence-electron chi connectivity index (χ2n) is 5.53. The quantitative estimate of drug-likeness (QED) is 0.569. The van der Waals surface area contributed by atoms with E-state index in [0.717, 1.165) is 12.8 Å². The molecule has 0 radical (unpaired) electrons. The van der Waals surface area contributed by atoms with Crippen LogP contribution in [0.2, 0.25) is 0 Å². The Bertz CT molecular complexity index is 278. The number of hydrogen-bond donors (Lipinski definition) is 0. The largest absolute Gasteiger partial charge is 0.339 e. The van der Waals surface area contributed by atoms with E-state index in [1.54, 1.807) is 0 Å². The molecular weight excluding hydrogens is 188 g/mol. The van der Waals surface area contributed by atoms with E-state index in [9.17, 15) is 0 Å². The van der Waals surface area contributed by atoms with E-state index in [1.807, 2.05) is 0 Å². The van der Waals surface area contributed by atoms with Crippen LogP contribution < -0.4 is 0 Å². The van der Waals surface area contributed by atoms with Crippen LogP contribution in [0.25, 0.3) is 0 Å². The fourth-order valence-corrected chi connectivity index (χ4v) is 2.34. The van der Waals surface area contributed by atoms with E-state index in [1.165, 1.54) is 0 Å². The average molecular weight is 208 g/mol. The molecule has 0 amide bonds. The zero-order chi connectivity index (χ0) is 11.2. The van der Waals surface area contributed by atoms with Gasteiger partial charge in [0, 0.05) is 12.8 Å². The third-order valence-corrected chi connectivity index (χ3v) is 2.79. The first-order valence-corrected chi connectivity index (χ1v) is 5.58. The molecular formula is C13H20O2. The maximum Gasteiger partial charge on any atom is 0.177 e. The van der Waals surface area contributed by atoms with Gasteiger partial charge < -0.3 is 9.47 Å². The van der Waals surface area contributed by atoms with Crippen LogP contribution in [0.1, 0.15) is 40.5 Å². The normalized spacial score (nSPS) is 30.7. The molecule has 0 aromatic rings. The van der Waals surface area contributed by atoms with Crippen LogP contribution in [0.15, 0.2) is 24.3 Å². The summed E-state index contributed by atoms with van der Waals surface area (Å²) in [7, 11) is 0. The van der Waals surface area contributed by atoms with Crippen molar-refractivity contribution in [3.05, 3.63) is 24.3 Å². The monoisotopic (exact) mass is 208 g/mol. The summed E-state index contributed by atoms with van der Waals surface area (Å²) >= 11 is 0. The van der Waals surface area contributed by atoms with Gasteiger partial charge >= 0.3 is 0 Å². The molecule has 1 spiro atoms. The first-order chi connectivity index (χ1) is 6.83.